The number of nitrogens with zero attached hydrogens (tertiary/aromatic N) is 4. The number of nitrogens with one attached hydrogen (secondary N) is 1. The van der Waals surface area contributed by atoms with Crippen LogP contribution >= 0.6 is 11.6 Å². The third-order valence-electron chi connectivity index (χ3n) is 3.15. The second-order valence-electron chi connectivity index (χ2n) is 4.51. The molecule has 1 aliphatic heterocycles. The Morgan fingerprint density at radius 2 is 1.90 bits per heavy atom. The molecule has 0 unspecified atom stereocenters. The van der Waals surface area contributed by atoms with Crippen LogP contribution in [0.3, 0.4) is 0 Å². The Morgan fingerprint density at radius 3 is 2.50 bits per heavy atom. The highest BCUT2D eigenvalue weighted by Gasteiger charge is 2.13. The second kappa shape index (κ2) is 6.79. The highest BCUT2D eigenvalue weighted by Crippen LogP contribution is 2.30. The summed E-state index contributed by atoms with van der Waals surface area (Å²) in [5.41, 5.74) is 4.10. The van der Waals surface area contributed by atoms with Gasteiger partial charge in [0, 0.05) is 13.1 Å². The number of hydrogen-bond donors (Lipinski definition) is 1. The van der Waals surface area contributed by atoms with Crippen molar-refractivity contribution in [1.82, 2.24) is 0 Å². The highest BCUT2D eigenvalue weighted by atomic mass is 35.5. The van der Waals surface area contributed by atoms with Crippen molar-refractivity contribution >= 4 is 28.7 Å². The molecular weight excluding hydrogens is 274 g/mol. The third-order valence-corrected chi connectivity index (χ3v) is 3.46. The van der Waals surface area contributed by atoms with E-state index in [0.29, 0.717) is 10.7 Å². The first kappa shape index (κ1) is 14.2. The molecule has 1 N–H and O–H groups in total. The van der Waals surface area contributed by atoms with Gasteiger partial charge in [0.2, 0.25) is 5.71 Å². The van der Waals surface area contributed by atoms with Crippen LogP contribution in [0.25, 0.3) is 0 Å². The summed E-state index contributed by atoms with van der Waals surface area (Å²) in [4.78, 5) is 2.27. The van der Waals surface area contributed by atoms with Gasteiger partial charge in [0.1, 0.15) is 12.1 Å². The highest BCUT2D eigenvalue weighted by molar-refractivity contribution is 6.33. The first-order chi connectivity index (χ1) is 9.74. The maximum atomic E-state index is 8.60. The lowest BCUT2D eigenvalue weighted by Crippen LogP contribution is -2.29. The quantitative estimate of drug-likeness (QED) is 0.684. The smallest absolute Gasteiger partial charge is 0.237 e. The Labute approximate surface area is 123 Å². The van der Waals surface area contributed by atoms with Crippen molar-refractivity contribution in [2.75, 3.05) is 23.4 Å². The molecule has 0 bridgehead atoms. The molecule has 0 aliphatic carbocycles. The molecule has 1 aromatic rings. The molecule has 1 fully saturated rings. The molecular formula is C14H14ClN5. The number of halogens is 1. The van der Waals surface area contributed by atoms with Gasteiger partial charge in [0.05, 0.1) is 16.4 Å². The minimum atomic E-state index is -0.221. The second-order valence-corrected chi connectivity index (χ2v) is 4.92. The SMILES string of the molecule is N#CC(C#N)=NNc1ccc(N2CCCCC2)c(Cl)c1. The van der Waals surface area contributed by atoms with Crippen LogP contribution < -0.4 is 10.3 Å². The molecule has 0 spiro atoms. The van der Waals surface area contributed by atoms with E-state index in [1.807, 2.05) is 12.1 Å². The lowest BCUT2D eigenvalue weighted by Gasteiger charge is -2.29. The van der Waals surface area contributed by atoms with Crippen molar-refractivity contribution in [3.63, 3.8) is 0 Å². The monoisotopic (exact) mass is 287 g/mol. The molecule has 1 aromatic carbocycles. The number of hydrazone groups is 1. The largest absolute Gasteiger partial charge is 0.370 e. The normalized spacial score (nSPS) is 14.1. The van der Waals surface area contributed by atoms with Gasteiger partial charge in [-0.3, -0.25) is 5.43 Å². The Morgan fingerprint density at radius 1 is 1.20 bits per heavy atom. The van der Waals surface area contributed by atoms with Crippen LogP contribution in [-0.2, 0) is 0 Å². The van der Waals surface area contributed by atoms with Gasteiger partial charge in [-0.15, -0.1) is 0 Å². The van der Waals surface area contributed by atoms with Crippen molar-refractivity contribution in [1.29, 1.82) is 10.5 Å². The van der Waals surface area contributed by atoms with E-state index in [0.717, 1.165) is 18.8 Å². The van der Waals surface area contributed by atoms with Gasteiger partial charge < -0.3 is 4.90 Å². The van der Waals surface area contributed by atoms with Gasteiger partial charge in [0.15, 0.2) is 0 Å². The van der Waals surface area contributed by atoms with Crippen LogP contribution in [0, 0.1) is 22.7 Å². The minimum absolute atomic E-state index is 0.221. The number of rotatable bonds is 3. The molecule has 0 radical (unpaired) electrons. The number of anilines is 2. The first-order valence-corrected chi connectivity index (χ1v) is 6.81. The number of piperidine rings is 1. The van der Waals surface area contributed by atoms with Crippen molar-refractivity contribution in [2.45, 2.75) is 19.3 Å². The van der Waals surface area contributed by atoms with E-state index in [2.05, 4.69) is 15.4 Å². The van der Waals surface area contributed by atoms with E-state index >= 15 is 0 Å². The van der Waals surface area contributed by atoms with E-state index < -0.39 is 0 Å². The van der Waals surface area contributed by atoms with Crippen LogP contribution in [0.1, 0.15) is 19.3 Å². The lowest BCUT2D eigenvalue weighted by molar-refractivity contribution is 0.578. The predicted octanol–water partition coefficient (Wildman–Crippen LogP) is 3.15. The first-order valence-electron chi connectivity index (χ1n) is 6.43. The lowest BCUT2D eigenvalue weighted by atomic mass is 10.1. The fraction of sp³-hybridized carbons (Fsp3) is 0.357. The van der Waals surface area contributed by atoms with Crippen molar-refractivity contribution < 1.29 is 0 Å². The summed E-state index contributed by atoms with van der Waals surface area (Å²) in [6, 6.07) is 8.89. The van der Waals surface area contributed by atoms with Crippen LogP contribution in [0.15, 0.2) is 23.3 Å². The Kier molecular flexibility index (Phi) is 4.81. The van der Waals surface area contributed by atoms with Gasteiger partial charge in [-0.25, -0.2) is 0 Å². The fourth-order valence-corrected chi connectivity index (χ4v) is 2.46. The molecule has 102 valence electrons. The molecule has 1 saturated heterocycles. The summed E-state index contributed by atoms with van der Waals surface area (Å²) in [5.74, 6) is 0. The van der Waals surface area contributed by atoms with Gasteiger partial charge in [-0.05, 0) is 37.5 Å². The van der Waals surface area contributed by atoms with Crippen molar-refractivity contribution in [3.8, 4) is 12.1 Å². The molecule has 0 aromatic heterocycles. The molecule has 0 saturated carbocycles. The number of nitriles is 2. The summed E-state index contributed by atoms with van der Waals surface area (Å²) in [5, 5.41) is 21.5. The molecule has 0 amide bonds. The Hall–Kier alpha value is -2.24. The zero-order valence-electron chi connectivity index (χ0n) is 10.9. The van der Waals surface area contributed by atoms with Crippen LogP contribution in [-0.4, -0.2) is 18.8 Å². The zero-order chi connectivity index (χ0) is 14.4. The van der Waals surface area contributed by atoms with Gasteiger partial charge in [-0.1, -0.05) is 11.6 Å². The van der Waals surface area contributed by atoms with E-state index in [1.54, 1.807) is 18.2 Å². The summed E-state index contributed by atoms with van der Waals surface area (Å²) in [6.07, 6.45) is 3.65. The maximum Gasteiger partial charge on any atom is 0.237 e. The number of hydrogen-bond acceptors (Lipinski definition) is 5. The van der Waals surface area contributed by atoms with Gasteiger partial charge in [0.25, 0.3) is 0 Å². The molecule has 1 aliphatic rings. The molecule has 2 rings (SSSR count). The molecule has 6 heteroatoms. The van der Waals surface area contributed by atoms with Gasteiger partial charge in [-0.2, -0.15) is 15.6 Å². The van der Waals surface area contributed by atoms with Crippen molar-refractivity contribution in [3.05, 3.63) is 23.2 Å². The summed E-state index contributed by atoms with van der Waals surface area (Å²) in [6.45, 7) is 2.05. The van der Waals surface area contributed by atoms with Crippen LogP contribution in [0.4, 0.5) is 11.4 Å². The Balaban J connectivity index is 2.12. The van der Waals surface area contributed by atoms with Crippen LogP contribution in [0.2, 0.25) is 5.02 Å². The Bertz CT molecular complexity index is 575. The van der Waals surface area contributed by atoms with E-state index in [4.69, 9.17) is 22.1 Å². The average Bonchev–Trinajstić information content (AvgIpc) is 2.49. The molecule has 0 atom stereocenters. The number of benzene rings is 1. The topological polar surface area (TPSA) is 75.2 Å². The minimum Gasteiger partial charge on any atom is -0.370 e. The molecule has 5 nitrogen and oxygen atoms in total. The molecule has 20 heavy (non-hydrogen) atoms. The van der Waals surface area contributed by atoms with E-state index in [9.17, 15) is 0 Å². The average molecular weight is 288 g/mol. The summed E-state index contributed by atoms with van der Waals surface area (Å²) < 4.78 is 0. The van der Waals surface area contributed by atoms with Crippen LogP contribution in [0.5, 0.6) is 0 Å². The summed E-state index contributed by atoms with van der Waals surface area (Å²) >= 11 is 6.29. The van der Waals surface area contributed by atoms with Gasteiger partial charge >= 0.3 is 0 Å². The third kappa shape index (κ3) is 3.40. The predicted molar refractivity (Wildman–Crippen MR) is 79.8 cm³/mol. The van der Waals surface area contributed by atoms with Crippen molar-refractivity contribution in [2.24, 2.45) is 5.10 Å². The maximum absolute atomic E-state index is 8.60. The standard InChI is InChI=1S/C14H14ClN5/c15-13-8-11(18-19-12(9-16)10-17)4-5-14(13)20-6-2-1-3-7-20/h4-5,8,18H,1-3,6-7H2. The summed E-state index contributed by atoms with van der Waals surface area (Å²) in [7, 11) is 0. The van der Waals surface area contributed by atoms with E-state index in [1.165, 1.54) is 19.3 Å². The molecule has 1 heterocycles. The fourth-order valence-electron chi connectivity index (χ4n) is 2.16. The van der Waals surface area contributed by atoms with E-state index in [-0.39, 0.29) is 5.71 Å². The zero-order valence-corrected chi connectivity index (χ0v) is 11.7.